The molecule has 1 aromatic heterocycles. The second-order valence-corrected chi connectivity index (χ2v) is 4.72. The van der Waals surface area contributed by atoms with Gasteiger partial charge in [-0.1, -0.05) is 29.5 Å². The molecular weight excluding hydrogens is 246 g/mol. The molecule has 2 aromatic carbocycles. The van der Waals surface area contributed by atoms with Crippen molar-refractivity contribution in [2.75, 3.05) is 7.11 Å². The number of benzene rings is 2. The lowest BCUT2D eigenvalue weighted by Gasteiger charge is -2.03. The van der Waals surface area contributed by atoms with Gasteiger partial charge in [-0.15, -0.1) is 0 Å². The lowest BCUT2D eigenvalue weighted by Crippen LogP contribution is -1.85. The van der Waals surface area contributed by atoms with Crippen LogP contribution in [0.4, 0.5) is 0 Å². The van der Waals surface area contributed by atoms with Crippen molar-refractivity contribution in [3.8, 4) is 16.7 Å². The van der Waals surface area contributed by atoms with Crippen LogP contribution in [-0.2, 0) is 0 Å². The molecule has 0 radical (unpaired) electrons. The zero-order chi connectivity index (χ0) is 12.4. The highest BCUT2D eigenvalue weighted by Crippen LogP contribution is 2.32. The average Bonchev–Trinajstić information content (AvgIpc) is 2.81. The molecule has 0 N–H and O–H groups in total. The quantitative estimate of drug-likeness (QED) is 0.708. The van der Waals surface area contributed by atoms with Gasteiger partial charge in [0, 0.05) is 6.07 Å². The molecule has 3 rings (SSSR count). The zero-order valence-electron chi connectivity index (χ0n) is 9.79. The summed E-state index contributed by atoms with van der Waals surface area (Å²) in [6, 6.07) is 15.5. The molecule has 3 aromatic rings. The van der Waals surface area contributed by atoms with E-state index in [-0.39, 0.29) is 0 Å². The topological polar surface area (TPSA) is 31.4 Å². The van der Waals surface area contributed by atoms with E-state index in [1.54, 1.807) is 7.11 Å². The van der Waals surface area contributed by atoms with Gasteiger partial charge in [0.05, 0.1) is 17.3 Å². The van der Waals surface area contributed by atoms with E-state index in [0.29, 0.717) is 5.19 Å². The third kappa shape index (κ3) is 2.15. The Balaban J connectivity index is 1.91. The SMILES string of the molecule is COc1cccc(Oc2nc3ccccc3s2)c1. The van der Waals surface area contributed by atoms with Crippen LogP contribution in [0, 0.1) is 0 Å². The van der Waals surface area contributed by atoms with Crippen LogP contribution in [0.25, 0.3) is 10.2 Å². The first-order valence-electron chi connectivity index (χ1n) is 5.52. The summed E-state index contributed by atoms with van der Waals surface area (Å²) in [5.74, 6) is 1.50. The summed E-state index contributed by atoms with van der Waals surface area (Å²) < 4.78 is 12.0. The summed E-state index contributed by atoms with van der Waals surface area (Å²) in [4.78, 5) is 4.42. The first-order chi connectivity index (χ1) is 8.85. The highest BCUT2D eigenvalue weighted by atomic mass is 32.1. The molecular formula is C14H11NO2S. The van der Waals surface area contributed by atoms with Crippen LogP contribution in [0.1, 0.15) is 0 Å². The third-order valence-corrected chi connectivity index (χ3v) is 3.44. The molecule has 0 saturated carbocycles. The normalized spacial score (nSPS) is 10.5. The maximum absolute atomic E-state index is 5.73. The van der Waals surface area contributed by atoms with Crippen molar-refractivity contribution in [1.82, 2.24) is 4.98 Å². The Hall–Kier alpha value is -2.07. The average molecular weight is 257 g/mol. The molecule has 4 heteroatoms. The monoisotopic (exact) mass is 257 g/mol. The second-order valence-electron chi connectivity index (χ2n) is 3.73. The standard InChI is InChI=1S/C14H11NO2S/c1-16-10-5-4-6-11(9-10)17-14-15-12-7-2-3-8-13(12)18-14/h2-9H,1H3. The van der Waals surface area contributed by atoms with Crippen LogP contribution < -0.4 is 9.47 Å². The highest BCUT2D eigenvalue weighted by Gasteiger charge is 2.05. The maximum Gasteiger partial charge on any atom is 0.279 e. The van der Waals surface area contributed by atoms with Gasteiger partial charge >= 0.3 is 0 Å². The van der Waals surface area contributed by atoms with Gasteiger partial charge in [0.2, 0.25) is 0 Å². The van der Waals surface area contributed by atoms with Crippen molar-refractivity contribution in [1.29, 1.82) is 0 Å². The van der Waals surface area contributed by atoms with Crippen molar-refractivity contribution in [3.63, 3.8) is 0 Å². The fourth-order valence-corrected chi connectivity index (χ4v) is 2.50. The fourth-order valence-electron chi connectivity index (χ4n) is 1.66. The van der Waals surface area contributed by atoms with Gasteiger partial charge in [-0.2, -0.15) is 0 Å². The Morgan fingerprint density at radius 1 is 1.00 bits per heavy atom. The Bertz CT molecular complexity index is 645. The van der Waals surface area contributed by atoms with Gasteiger partial charge in [-0.3, -0.25) is 0 Å². The number of para-hydroxylation sites is 1. The molecule has 90 valence electrons. The molecule has 0 aliphatic heterocycles. The van der Waals surface area contributed by atoms with E-state index in [2.05, 4.69) is 4.98 Å². The summed E-state index contributed by atoms with van der Waals surface area (Å²) in [7, 11) is 1.64. The van der Waals surface area contributed by atoms with Crippen LogP contribution in [-0.4, -0.2) is 12.1 Å². The number of hydrogen-bond acceptors (Lipinski definition) is 4. The number of ether oxygens (including phenoxy) is 2. The van der Waals surface area contributed by atoms with E-state index in [4.69, 9.17) is 9.47 Å². The predicted molar refractivity (Wildman–Crippen MR) is 72.7 cm³/mol. The molecule has 1 heterocycles. The number of nitrogens with zero attached hydrogens (tertiary/aromatic N) is 1. The van der Waals surface area contributed by atoms with Gasteiger partial charge in [-0.25, -0.2) is 4.98 Å². The van der Waals surface area contributed by atoms with E-state index in [9.17, 15) is 0 Å². The summed E-state index contributed by atoms with van der Waals surface area (Å²) in [5, 5.41) is 0.643. The van der Waals surface area contributed by atoms with Crippen molar-refractivity contribution in [2.24, 2.45) is 0 Å². The molecule has 0 spiro atoms. The van der Waals surface area contributed by atoms with E-state index in [0.717, 1.165) is 21.7 Å². The molecule has 0 atom stereocenters. The fraction of sp³-hybridized carbons (Fsp3) is 0.0714. The molecule has 3 nitrogen and oxygen atoms in total. The molecule has 18 heavy (non-hydrogen) atoms. The number of methoxy groups -OCH3 is 1. The number of hydrogen-bond donors (Lipinski definition) is 0. The minimum Gasteiger partial charge on any atom is -0.497 e. The largest absolute Gasteiger partial charge is 0.497 e. The smallest absolute Gasteiger partial charge is 0.279 e. The van der Waals surface area contributed by atoms with E-state index in [1.807, 2.05) is 48.5 Å². The Morgan fingerprint density at radius 2 is 1.83 bits per heavy atom. The van der Waals surface area contributed by atoms with Crippen LogP contribution in [0.3, 0.4) is 0 Å². The van der Waals surface area contributed by atoms with Crippen molar-refractivity contribution in [3.05, 3.63) is 48.5 Å². The number of rotatable bonds is 3. The molecule has 0 unspecified atom stereocenters. The summed E-state index contributed by atoms with van der Waals surface area (Å²) in [6.07, 6.45) is 0. The molecule has 0 bridgehead atoms. The van der Waals surface area contributed by atoms with E-state index >= 15 is 0 Å². The van der Waals surface area contributed by atoms with Crippen LogP contribution >= 0.6 is 11.3 Å². The first kappa shape index (κ1) is 11.0. The summed E-state index contributed by atoms with van der Waals surface area (Å²) in [6.45, 7) is 0. The number of fused-ring (bicyclic) bond motifs is 1. The van der Waals surface area contributed by atoms with E-state index < -0.39 is 0 Å². The third-order valence-electron chi connectivity index (χ3n) is 2.52. The van der Waals surface area contributed by atoms with Crippen LogP contribution in [0.15, 0.2) is 48.5 Å². The summed E-state index contributed by atoms with van der Waals surface area (Å²) >= 11 is 1.53. The van der Waals surface area contributed by atoms with Crippen LogP contribution in [0.5, 0.6) is 16.7 Å². The second kappa shape index (κ2) is 4.66. The van der Waals surface area contributed by atoms with Gasteiger partial charge in [0.1, 0.15) is 11.5 Å². The summed E-state index contributed by atoms with van der Waals surface area (Å²) in [5.41, 5.74) is 0.959. The lowest BCUT2D eigenvalue weighted by atomic mass is 10.3. The van der Waals surface area contributed by atoms with Crippen molar-refractivity contribution >= 4 is 21.6 Å². The first-order valence-corrected chi connectivity index (χ1v) is 6.34. The molecule has 0 aliphatic rings. The minimum absolute atomic E-state index is 0.643. The predicted octanol–water partition coefficient (Wildman–Crippen LogP) is 4.10. The Labute approximate surface area is 109 Å². The Kier molecular flexibility index (Phi) is 2.86. The molecule has 0 fully saturated rings. The van der Waals surface area contributed by atoms with Gasteiger partial charge < -0.3 is 9.47 Å². The van der Waals surface area contributed by atoms with E-state index in [1.165, 1.54) is 11.3 Å². The Morgan fingerprint density at radius 3 is 2.67 bits per heavy atom. The van der Waals surface area contributed by atoms with Crippen molar-refractivity contribution < 1.29 is 9.47 Å². The highest BCUT2D eigenvalue weighted by molar-refractivity contribution is 7.20. The van der Waals surface area contributed by atoms with Gasteiger partial charge in [0.25, 0.3) is 5.19 Å². The molecule has 0 amide bonds. The minimum atomic E-state index is 0.643. The lowest BCUT2D eigenvalue weighted by molar-refractivity contribution is 0.409. The van der Waals surface area contributed by atoms with Gasteiger partial charge in [-0.05, 0) is 24.3 Å². The van der Waals surface area contributed by atoms with Crippen molar-refractivity contribution in [2.45, 2.75) is 0 Å². The van der Waals surface area contributed by atoms with Gasteiger partial charge in [0.15, 0.2) is 0 Å². The molecule has 0 saturated heterocycles. The van der Waals surface area contributed by atoms with Crippen LogP contribution in [0.2, 0.25) is 0 Å². The maximum atomic E-state index is 5.73. The zero-order valence-corrected chi connectivity index (χ0v) is 10.6. The number of thiazole rings is 1. The molecule has 0 aliphatic carbocycles. The number of aromatic nitrogens is 1.